The standard InChI is InChI=1S/C8H6O4.C4H4O4.C2H6O2/c9-7(10)5-3-1-2-4-6(5)8(11)12;5-3(6)1-2-4(7)8;3-1-2-4/h1-4H,(H,9,10)(H,11,12);1-2H,(H,5,6)(H,7,8);3-4H,1-2H2/b;2-1-;. The number of benzene rings is 1. The molecule has 0 saturated carbocycles. The fourth-order valence-electron chi connectivity index (χ4n) is 0.999. The maximum atomic E-state index is 10.5. The molecule has 0 atom stereocenters. The Kier molecular flexibility index (Phi) is 12.9. The summed E-state index contributed by atoms with van der Waals surface area (Å²) in [5.41, 5.74) is -0.380. The second-order valence-electron chi connectivity index (χ2n) is 3.61. The van der Waals surface area contributed by atoms with Crippen LogP contribution in [-0.2, 0) is 9.59 Å². The van der Waals surface area contributed by atoms with Gasteiger partial charge in [-0.15, -0.1) is 0 Å². The molecule has 10 nitrogen and oxygen atoms in total. The van der Waals surface area contributed by atoms with Crippen molar-refractivity contribution >= 4 is 23.9 Å². The molecule has 24 heavy (non-hydrogen) atoms. The quantitative estimate of drug-likeness (QED) is 0.389. The molecule has 0 spiro atoms. The molecule has 0 saturated heterocycles. The SMILES string of the molecule is O=C(O)/C=C\C(=O)O.O=C(O)c1ccccc1C(=O)O.OCCO. The van der Waals surface area contributed by atoms with E-state index in [1.54, 1.807) is 0 Å². The third kappa shape index (κ3) is 12.5. The van der Waals surface area contributed by atoms with Crippen molar-refractivity contribution in [1.29, 1.82) is 0 Å². The zero-order valence-corrected chi connectivity index (χ0v) is 12.2. The van der Waals surface area contributed by atoms with E-state index in [2.05, 4.69) is 0 Å². The van der Waals surface area contributed by atoms with Crippen LogP contribution >= 0.6 is 0 Å². The van der Waals surface area contributed by atoms with Crippen LogP contribution in [0.15, 0.2) is 36.4 Å². The molecule has 0 radical (unpaired) electrons. The van der Waals surface area contributed by atoms with Gasteiger partial charge in [-0.3, -0.25) is 0 Å². The molecule has 0 aliphatic carbocycles. The minimum absolute atomic E-state index is 0.125. The number of aromatic carboxylic acids is 2. The molecule has 0 aromatic heterocycles. The summed E-state index contributed by atoms with van der Waals surface area (Å²) in [6, 6.07) is 5.48. The highest BCUT2D eigenvalue weighted by atomic mass is 16.4. The third-order valence-corrected chi connectivity index (χ3v) is 1.86. The summed E-state index contributed by atoms with van der Waals surface area (Å²) in [6.07, 6.45) is 1.12. The van der Waals surface area contributed by atoms with E-state index < -0.39 is 23.9 Å². The van der Waals surface area contributed by atoms with Crippen LogP contribution in [0.2, 0.25) is 0 Å². The van der Waals surface area contributed by atoms with Crippen LogP contribution in [0.4, 0.5) is 0 Å². The molecule has 0 fully saturated rings. The van der Waals surface area contributed by atoms with E-state index in [0.29, 0.717) is 12.2 Å². The molecule has 0 amide bonds. The maximum absolute atomic E-state index is 10.5. The van der Waals surface area contributed by atoms with Crippen molar-refractivity contribution in [3.8, 4) is 0 Å². The molecular weight excluding hydrogens is 328 g/mol. The van der Waals surface area contributed by atoms with E-state index in [4.69, 9.17) is 30.6 Å². The van der Waals surface area contributed by atoms with Gasteiger partial charge in [0.15, 0.2) is 0 Å². The predicted octanol–water partition coefficient (Wildman–Crippen LogP) is -0.234. The average Bonchev–Trinajstić information content (AvgIpc) is 2.53. The lowest BCUT2D eigenvalue weighted by Crippen LogP contribution is -2.06. The lowest BCUT2D eigenvalue weighted by molar-refractivity contribution is -0.134. The van der Waals surface area contributed by atoms with Crippen LogP contribution in [0.25, 0.3) is 0 Å². The van der Waals surface area contributed by atoms with Crippen LogP contribution in [0.5, 0.6) is 0 Å². The number of hydrogen-bond acceptors (Lipinski definition) is 6. The molecule has 10 heteroatoms. The molecular formula is C14H16O10. The molecule has 1 aromatic carbocycles. The molecule has 0 heterocycles. The molecule has 0 aliphatic rings. The van der Waals surface area contributed by atoms with E-state index >= 15 is 0 Å². The van der Waals surface area contributed by atoms with Crippen molar-refractivity contribution < 1.29 is 49.8 Å². The van der Waals surface area contributed by atoms with E-state index in [9.17, 15) is 19.2 Å². The highest BCUT2D eigenvalue weighted by molar-refractivity contribution is 6.01. The number of aliphatic hydroxyl groups is 2. The van der Waals surface area contributed by atoms with E-state index in [1.165, 1.54) is 24.3 Å². The minimum atomic E-state index is -1.26. The van der Waals surface area contributed by atoms with Gasteiger partial charge in [0, 0.05) is 12.2 Å². The van der Waals surface area contributed by atoms with Crippen LogP contribution in [0, 0.1) is 0 Å². The number of carboxylic acids is 4. The zero-order chi connectivity index (χ0) is 19.1. The van der Waals surface area contributed by atoms with E-state index in [-0.39, 0.29) is 24.3 Å². The fraction of sp³-hybridized carbons (Fsp3) is 0.143. The van der Waals surface area contributed by atoms with Crippen LogP contribution in [0.3, 0.4) is 0 Å². The first-order valence-corrected chi connectivity index (χ1v) is 6.08. The Labute approximate surface area is 135 Å². The molecule has 0 aliphatic heterocycles. The van der Waals surface area contributed by atoms with Crippen molar-refractivity contribution in [2.75, 3.05) is 13.2 Å². The molecule has 0 bridgehead atoms. The summed E-state index contributed by atoms with van der Waals surface area (Å²) >= 11 is 0. The monoisotopic (exact) mass is 344 g/mol. The number of carboxylic acid groups (broad SMARTS) is 4. The Morgan fingerprint density at radius 2 is 1.00 bits per heavy atom. The maximum Gasteiger partial charge on any atom is 0.336 e. The van der Waals surface area contributed by atoms with Gasteiger partial charge in [0.25, 0.3) is 0 Å². The summed E-state index contributed by atoms with van der Waals surface area (Å²) in [5, 5.41) is 48.0. The Bertz CT molecular complexity index is 540. The Morgan fingerprint density at radius 1 is 0.708 bits per heavy atom. The van der Waals surface area contributed by atoms with Gasteiger partial charge in [0.05, 0.1) is 24.3 Å². The van der Waals surface area contributed by atoms with E-state index in [0.717, 1.165) is 0 Å². The predicted molar refractivity (Wildman–Crippen MR) is 78.9 cm³/mol. The van der Waals surface area contributed by atoms with E-state index in [1.807, 2.05) is 0 Å². The normalized spacial score (nSPS) is 9.08. The number of aliphatic hydroxyl groups excluding tert-OH is 2. The van der Waals surface area contributed by atoms with Crippen LogP contribution in [-0.4, -0.2) is 67.7 Å². The van der Waals surface area contributed by atoms with Gasteiger partial charge in [0.2, 0.25) is 0 Å². The number of carbonyl (C=O) groups is 4. The van der Waals surface area contributed by atoms with Gasteiger partial charge in [0.1, 0.15) is 0 Å². The number of hydrogen-bond donors (Lipinski definition) is 6. The summed E-state index contributed by atoms with van der Waals surface area (Å²) in [7, 11) is 0. The average molecular weight is 344 g/mol. The Balaban J connectivity index is 0. The van der Waals surface area contributed by atoms with Gasteiger partial charge < -0.3 is 30.6 Å². The van der Waals surface area contributed by atoms with Crippen molar-refractivity contribution in [1.82, 2.24) is 0 Å². The molecule has 0 unspecified atom stereocenters. The first-order valence-electron chi connectivity index (χ1n) is 6.08. The molecule has 132 valence electrons. The van der Waals surface area contributed by atoms with Crippen molar-refractivity contribution in [2.24, 2.45) is 0 Å². The highest BCUT2D eigenvalue weighted by Gasteiger charge is 2.13. The van der Waals surface area contributed by atoms with Gasteiger partial charge in [-0.05, 0) is 12.1 Å². The Hall–Kier alpha value is -3.24. The molecule has 1 aromatic rings. The number of rotatable bonds is 5. The highest BCUT2D eigenvalue weighted by Crippen LogP contribution is 2.07. The second-order valence-corrected chi connectivity index (χ2v) is 3.61. The van der Waals surface area contributed by atoms with Gasteiger partial charge >= 0.3 is 23.9 Å². The third-order valence-electron chi connectivity index (χ3n) is 1.86. The zero-order valence-electron chi connectivity index (χ0n) is 12.2. The van der Waals surface area contributed by atoms with Crippen LogP contribution < -0.4 is 0 Å². The first-order chi connectivity index (χ1) is 11.2. The second kappa shape index (κ2) is 13.4. The van der Waals surface area contributed by atoms with Gasteiger partial charge in [-0.1, -0.05) is 12.1 Å². The number of aliphatic carboxylic acids is 2. The lowest BCUT2D eigenvalue weighted by atomic mass is 10.1. The van der Waals surface area contributed by atoms with Crippen molar-refractivity contribution in [3.63, 3.8) is 0 Å². The lowest BCUT2D eigenvalue weighted by Gasteiger charge is -1.98. The summed E-state index contributed by atoms with van der Waals surface area (Å²) in [5.74, 6) is -4.97. The summed E-state index contributed by atoms with van der Waals surface area (Å²) < 4.78 is 0. The van der Waals surface area contributed by atoms with Crippen molar-refractivity contribution in [2.45, 2.75) is 0 Å². The smallest absolute Gasteiger partial charge is 0.336 e. The fourth-order valence-corrected chi connectivity index (χ4v) is 0.999. The topological polar surface area (TPSA) is 190 Å². The van der Waals surface area contributed by atoms with Gasteiger partial charge in [-0.25, -0.2) is 19.2 Å². The molecule has 6 N–H and O–H groups in total. The Morgan fingerprint density at radius 3 is 1.17 bits per heavy atom. The summed E-state index contributed by atoms with van der Waals surface area (Å²) in [4.78, 5) is 40.0. The van der Waals surface area contributed by atoms with Crippen LogP contribution in [0.1, 0.15) is 20.7 Å². The van der Waals surface area contributed by atoms with Crippen molar-refractivity contribution in [3.05, 3.63) is 47.5 Å². The first kappa shape index (κ1) is 23.0. The minimum Gasteiger partial charge on any atom is -0.478 e. The molecule has 1 rings (SSSR count). The largest absolute Gasteiger partial charge is 0.478 e. The van der Waals surface area contributed by atoms with Gasteiger partial charge in [-0.2, -0.15) is 0 Å². The summed E-state index contributed by atoms with van der Waals surface area (Å²) in [6.45, 7) is -0.250.